The smallest absolute Gasteiger partial charge is 0.341 e. The SMILES string of the molecule is COc1cccc(-c2cc(Cl)ncc2S(=O)(=O)N2CCC(F)(C(=O)O)CC2)c1. The molecule has 1 aliphatic heterocycles. The van der Waals surface area contributed by atoms with Crippen molar-refractivity contribution >= 4 is 27.6 Å². The van der Waals surface area contributed by atoms with Crippen LogP contribution in [-0.4, -0.2) is 54.7 Å². The van der Waals surface area contributed by atoms with E-state index in [1.54, 1.807) is 24.3 Å². The monoisotopic (exact) mass is 428 g/mol. The molecule has 150 valence electrons. The molecule has 0 radical (unpaired) electrons. The predicted molar refractivity (Wildman–Crippen MR) is 101 cm³/mol. The Bertz CT molecular complexity index is 1010. The molecule has 0 aliphatic carbocycles. The quantitative estimate of drug-likeness (QED) is 0.735. The van der Waals surface area contributed by atoms with Gasteiger partial charge in [0.25, 0.3) is 0 Å². The third kappa shape index (κ3) is 3.82. The zero-order valence-corrected chi connectivity index (χ0v) is 16.5. The summed E-state index contributed by atoms with van der Waals surface area (Å²) in [5, 5.41) is 9.11. The second kappa shape index (κ2) is 7.65. The molecule has 0 bridgehead atoms. The Morgan fingerprint density at radius 3 is 2.61 bits per heavy atom. The van der Waals surface area contributed by atoms with Crippen molar-refractivity contribution in [1.29, 1.82) is 0 Å². The van der Waals surface area contributed by atoms with E-state index in [2.05, 4.69) is 4.98 Å². The summed E-state index contributed by atoms with van der Waals surface area (Å²) in [6, 6.07) is 8.24. The molecule has 0 spiro atoms. The van der Waals surface area contributed by atoms with Gasteiger partial charge in [-0.1, -0.05) is 23.7 Å². The second-order valence-corrected chi connectivity index (χ2v) is 8.70. The summed E-state index contributed by atoms with van der Waals surface area (Å²) < 4.78 is 46.9. The van der Waals surface area contributed by atoms with Gasteiger partial charge in [0, 0.05) is 37.7 Å². The van der Waals surface area contributed by atoms with Crippen molar-refractivity contribution < 1.29 is 27.4 Å². The van der Waals surface area contributed by atoms with E-state index in [4.69, 9.17) is 21.4 Å². The molecule has 2 heterocycles. The van der Waals surface area contributed by atoms with Crippen LogP contribution in [0.5, 0.6) is 5.75 Å². The van der Waals surface area contributed by atoms with E-state index in [1.807, 2.05) is 0 Å². The van der Waals surface area contributed by atoms with Crippen LogP contribution in [0.4, 0.5) is 4.39 Å². The summed E-state index contributed by atoms with van der Waals surface area (Å²) in [5.41, 5.74) is -1.53. The van der Waals surface area contributed by atoms with Crippen LogP contribution in [0.25, 0.3) is 11.1 Å². The van der Waals surface area contributed by atoms with Crippen molar-refractivity contribution in [1.82, 2.24) is 9.29 Å². The van der Waals surface area contributed by atoms with Gasteiger partial charge in [0.2, 0.25) is 15.7 Å². The standard InChI is InChI=1S/C18H18ClFN2O5S/c1-27-13-4-2-3-12(9-13)14-10-16(19)21-11-15(14)28(25,26)22-7-5-18(20,6-8-22)17(23)24/h2-4,9-11H,5-8H2,1H3,(H,23,24). The Balaban J connectivity index is 2.00. The lowest BCUT2D eigenvalue weighted by Gasteiger charge is -2.33. The molecule has 1 saturated heterocycles. The highest BCUT2D eigenvalue weighted by molar-refractivity contribution is 7.89. The van der Waals surface area contributed by atoms with Gasteiger partial charge in [-0.15, -0.1) is 0 Å². The number of methoxy groups -OCH3 is 1. The minimum atomic E-state index is -4.04. The third-order valence-electron chi connectivity index (χ3n) is 4.73. The van der Waals surface area contributed by atoms with Gasteiger partial charge in [-0.2, -0.15) is 4.31 Å². The van der Waals surface area contributed by atoms with Crippen LogP contribution in [0.3, 0.4) is 0 Å². The summed E-state index contributed by atoms with van der Waals surface area (Å²) in [6.07, 6.45) is 0.315. The topological polar surface area (TPSA) is 96.8 Å². The minimum absolute atomic E-state index is 0.0909. The second-order valence-electron chi connectivity index (χ2n) is 6.41. The molecule has 1 fully saturated rings. The molecule has 0 amide bonds. The number of halogens is 2. The highest BCUT2D eigenvalue weighted by Crippen LogP contribution is 2.35. The lowest BCUT2D eigenvalue weighted by atomic mass is 9.95. The zero-order chi connectivity index (χ0) is 20.5. The first-order valence-corrected chi connectivity index (χ1v) is 10.2. The average Bonchev–Trinajstić information content (AvgIpc) is 2.68. The van der Waals surface area contributed by atoms with Crippen LogP contribution in [0, 0.1) is 0 Å². The number of carboxylic acid groups (broad SMARTS) is 1. The fraction of sp³-hybridized carbons (Fsp3) is 0.333. The van der Waals surface area contributed by atoms with Crippen molar-refractivity contribution in [3.05, 3.63) is 41.7 Å². The maximum absolute atomic E-state index is 14.3. The molecule has 2 aromatic rings. The number of carboxylic acids is 1. The first-order chi connectivity index (χ1) is 13.2. The van der Waals surface area contributed by atoms with Gasteiger partial charge in [-0.25, -0.2) is 22.6 Å². The van der Waals surface area contributed by atoms with Crippen molar-refractivity contribution in [2.45, 2.75) is 23.4 Å². The molecule has 1 aliphatic rings. The molecular formula is C18H18ClFN2O5S. The third-order valence-corrected chi connectivity index (χ3v) is 6.86. The van der Waals surface area contributed by atoms with Gasteiger partial charge in [0.15, 0.2) is 0 Å². The van der Waals surface area contributed by atoms with E-state index >= 15 is 0 Å². The van der Waals surface area contributed by atoms with E-state index in [0.29, 0.717) is 16.9 Å². The molecule has 10 heteroatoms. The summed E-state index contributed by atoms with van der Waals surface area (Å²) >= 11 is 5.98. The normalized spacial score (nSPS) is 17.2. The van der Waals surface area contributed by atoms with E-state index < -0.39 is 34.5 Å². The van der Waals surface area contributed by atoms with Crippen LogP contribution in [0.1, 0.15) is 12.8 Å². The van der Waals surface area contributed by atoms with Gasteiger partial charge >= 0.3 is 5.97 Å². The summed E-state index contributed by atoms with van der Waals surface area (Å²) in [6.45, 7) is -0.489. The van der Waals surface area contributed by atoms with Gasteiger partial charge in [0.05, 0.1) is 7.11 Å². The Labute approximate surface area is 166 Å². The number of benzene rings is 1. The van der Waals surface area contributed by atoms with Gasteiger partial charge in [-0.05, 0) is 23.8 Å². The van der Waals surface area contributed by atoms with Crippen LogP contribution in [0.2, 0.25) is 5.15 Å². The first kappa shape index (κ1) is 20.5. The number of aromatic nitrogens is 1. The number of carbonyl (C=O) groups is 1. The number of piperidine rings is 1. The molecule has 3 rings (SSSR count). The molecule has 0 unspecified atom stereocenters. The molecule has 1 aromatic carbocycles. The fourth-order valence-electron chi connectivity index (χ4n) is 3.07. The molecule has 28 heavy (non-hydrogen) atoms. The number of pyridine rings is 1. The number of rotatable bonds is 5. The summed E-state index contributed by atoms with van der Waals surface area (Å²) in [7, 11) is -2.55. The number of hydrogen-bond donors (Lipinski definition) is 1. The molecule has 0 saturated carbocycles. The van der Waals surface area contributed by atoms with Gasteiger partial charge in [-0.3, -0.25) is 0 Å². The van der Waals surface area contributed by atoms with Gasteiger partial charge in [0.1, 0.15) is 15.8 Å². The average molecular weight is 429 g/mol. The van der Waals surface area contributed by atoms with E-state index in [0.717, 1.165) is 10.5 Å². The minimum Gasteiger partial charge on any atom is -0.497 e. The van der Waals surface area contributed by atoms with Crippen LogP contribution in [0.15, 0.2) is 41.4 Å². The molecule has 7 nitrogen and oxygen atoms in total. The number of hydrogen-bond acceptors (Lipinski definition) is 5. The number of alkyl halides is 1. The van der Waals surface area contributed by atoms with Crippen molar-refractivity contribution in [2.75, 3.05) is 20.2 Å². The van der Waals surface area contributed by atoms with E-state index in [9.17, 15) is 17.6 Å². The van der Waals surface area contributed by atoms with Crippen molar-refractivity contribution in [3.8, 4) is 16.9 Å². The predicted octanol–water partition coefficient (Wildman–Crippen LogP) is 2.99. The lowest BCUT2D eigenvalue weighted by molar-refractivity contribution is -0.153. The number of nitrogens with zero attached hydrogens (tertiary/aromatic N) is 2. The number of aliphatic carboxylic acids is 1. The Morgan fingerprint density at radius 1 is 1.32 bits per heavy atom. The van der Waals surface area contributed by atoms with Crippen LogP contribution >= 0.6 is 11.6 Å². The lowest BCUT2D eigenvalue weighted by Crippen LogP contribution is -2.48. The maximum Gasteiger partial charge on any atom is 0.341 e. The Kier molecular flexibility index (Phi) is 5.60. The highest BCUT2D eigenvalue weighted by atomic mass is 35.5. The molecular weight excluding hydrogens is 411 g/mol. The Hall–Kier alpha value is -2.23. The summed E-state index contributed by atoms with van der Waals surface area (Å²) in [5.74, 6) is -1.04. The molecule has 1 aromatic heterocycles. The molecule has 0 atom stereocenters. The van der Waals surface area contributed by atoms with Gasteiger partial charge < -0.3 is 9.84 Å². The number of sulfonamides is 1. The zero-order valence-electron chi connectivity index (χ0n) is 14.9. The maximum atomic E-state index is 14.3. The van der Waals surface area contributed by atoms with E-state index in [1.165, 1.54) is 13.2 Å². The number of ether oxygens (including phenoxy) is 1. The van der Waals surface area contributed by atoms with Crippen LogP contribution < -0.4 is 4.74 Å². The molecule has 1 N–H and O–H groups in total. The van der Waals surface area contributed by atoms with Crippen molar-refractivity contribution in [3.63, 3.8) is 0 Å². The highest BCUT2D eigenvalue weighted by Gasteiger charge is 2.44. The Morgan fingerprint density at radius 2 is 2.00 bits per heavy atom. The van der Waals surface area contributed by atoms with E-state index in [-0.39, 0.29) is 23.1 Å². The summed E-state index contributed by atoms with van der Waals surface area (Å²) in [4.78, 5) is 14.9. The largest absolute Gasteiger partial charge is 0.497 e. The van der Waals surface area contributed by atoms with Crippen molar-refractivity contribution in [2.24, 2.45) is 0 Å². The van der Waals surface area contributed by atoms with Crippen LogP contribution in [-0.2, 0) is 14.8 Å². The first-order valence-electron chi connectivity index (χ1n) is 8.40. The fourth-order valence-corrected chi connectivity index (χ4v) is 4.81.